The van der Waals surface area contributed by atoms with E-state index in [0.29, 0.717) is 18.5 Å². The first-order valence-electron chi connectivity index (χ1n) is 8.93. The van der Waals surface area contributed by atoms with Gasteiger partial charge in [-0.05, 0) is 48.6 Å². The minimum absolute atomic E-state index is 0.0543. The summed E-state index contributed by atoms with van der Waals surface area (Å²) < 4.78 is 0. The Morgan fingerprint density at radius 2 is 1.83 bits per heavy atom. The number of nitrogens with one attached hydrogen (secondary N) is 2. The zero-order valence-electron chi connectivity index (χ0n) is 14.5. The second-order valence-corrected chi connectivity index (χ2v) is 8.14. The van der Waals surface area contributed by atoms with E-state index in [1.807, 2.05) is 11.4 Å². The van der Waals surface area contributed by atoms with Crippen LogP contribution >= 0.6 is 11.3 Å². The van der Waals surface area contributed by atoms with Crippen LogP contribution in [0.5, 0.6) is 0 Å². The Morgan fingerprint density at radius 3 is 2.46 bits per heavy atom. The van der Waals surface area contributed by atoms with Crippen molar-refractivity contribution >= 4 is 23.2 Å². The first kappa shape index (κ1) is 17.4. The zero-order valence-corrected chi connectivity index (χ0v) is 15.3. The monoisotopic (exact) mass is 349 g/mol. The lowest BCUT2D eigenvalue weighted by Gasteiger charge is -2.31. The Labute approximate surface area is 147 Å². The van der Waals surface area contributed by atoms with E-state index < -0.39 is 0 Å². The molecule has 2 heterocycles. The molecule has 24 heavy (non-hydrogen) atoms. The van der Waals surface area contributed by atoms with Crippen molar-refractivity contribution in [2.24, 2.45) is 0 Å². The third-order valence-corrected chi connectivity index (χ3v) is 5.69. The lowest BCUT2D eigenvalue weighted by molar-refractivity contribution is -0.122. The summed E-state index contributed by atoms with van der Waals surface area (Å²) in [6, 6.07) is 2.68. The van der Waals surface area contributed by atoms with Crippen molar-refractivity contribution in [2.45, 2.75) is 57.5 Å². The summed E-state index contributed by atoms with van der Waals surface area (Å²) in [5, 5.41) is 8.20. The van der Waals surface area contributed by atoms with Crippen LogP contribution in [0, 0.1) is 0 Å². The van der Waals surface area contributed by atoms with Crippen LogP contribution in [0.1, 0.15) is 60.7 Å². The molecule has 5 nitrogen and oxygen atoms in total. The second-order valence-electron chi connectivity index (χ2n) is 7.23. The summed E-state index contributed by atoms with van der Waals surface area (Å²) in [6.45, 7) is 6.45. The van der Waals surface area contributed by atoms with Crippen LogP contribution < -0.4 is 10.6 Å². The number of rotatable bonds is 6. The minimum atomic E-state index is 0.0543. The molecule has 1 saturated heterocycles. The molecule has 3 rings (SSSR count). The number of nitrogens with zero attached hydrogens (tertiary/aromatic N) is 1. The molecule has 0 spiro atoms. The Kier molecular flexibility index (Phi) is 5.56. The maximum absolute atomic E-state index is 12.5. The number of hydrogen-bond acceptors (Lipinski definition) is 4. The van der Waals surface area contributed by atoms with Gasteiger partial charge in [0.15, 0.2) is 0 Å². The summed E-state index contributed by atoms with van der Waals surface area (Å²) in [4.78, 5) is 27.4. The van der Waals surface area contributed by atoms with Gasteiger partial charge in [0.05, 0.1) is 11.4 Å². The van der Waals surface area contributed by atoms with Gasteiger partial charge in [-0.15, -0.1) is 11.3 Å². The van der Waals surface area contributed by atoms with Gasteiger partial charge < -0.3 is 10.6 Å². The number of piperidine rings is 1. The smallest absolute Gasteiger partial charge is 0.261 e. The molecule has 2 aliphatic rings. The molecular formula is C18H27N3O2S. The lowest BCUT2D eigenvalue weighted by Crippen LogP contribution is -2.47. The van der Waals surface area contributed by atoms with Gasteiger partial charge in [-0.2, -0.15) is 0 Å². The quantitative estimate of drug-likeness (QED) is 0.829. The summed E-state index contributed by atoms with van der Waals surface area (Å²) in [5.74, 6) is 0.558. The molecule has 1 aliphatic heterocycles. The average molecular weight is 350 g/mol. The van der Waals surface area contributed by atoms with Crippen molar-refractivity contribution in [3.8, 4) is 0 Å². The summed E-state index contributed by atoms with van der Waals surface area (Å²) in [7, 11) is 0. The Hall–Kier alpha value is -1.40. The largest absolute Gasteiger partial charge is 0.352 e. The van der Waals surface area contributed by atoms with Crippen molar-refractivity contribution < 1.29 is 9.59 Å². The van der Waals surface area contributed by atoms with Gasteiger partial charge in [-0.25, -0.2) is 0 Å². The molecule has 1 saturated carbocycles. The van der Waals surface area contributed by atoms with Crippen LogP contribution in [0.3, 0.4) is 0 Å². The number of amides is 2. The van der Waals surface area contributed by atoms with E-state index >= 15 is 0 Å². The molecule has 0 atom stereocenters. The van der Waals surface area contributed by atoms with Gasteiger partial charge in [0.1, 0.15) is 0 Å². The van der Waals surface area contributed by atoms with Gasteiger partial charge in [0.25, 0.3) is 5.91 Å². The number of likely N-dealkylation sites (tertiary alicyclic amines) is 1. The predicted molar refractivity (Wildman–Crippen MR) is 96.5 cm³/mol. The maximum atomic E-state index is 12.5. The Balaban J connectivity index is 1.43. The molecule has 1 aliphatic carbocycles. The first-order valence-corrected chi connectivity index (χ1v) is 9.81. The van der Waals surface area contributed by atoms with Crippen molar-refractivity contribution in [2.75, 3.05) is 19.6 Å². The van der Waals surface area contributed by atoms with E-state index in [1.165, 1.54) is 11.3 Å². The van der Waals surface area contributed by atoms with Crippen LogP contribution in [0.2, 0.25) is 0 Å². The van der Waals surface area contributed by atoms with E-state index in [2.05, 4.69) is 29.4 Å². The highest BCUT2D eigenvalue weighted by atomic mass is 32.1. The average Bonchev–Trinajstić information content (AvgIpc) is 3.20. The number of thiophene rings is 1. The van der Waals surface area contributed by atoms with Gasteiger partial charge in [-0.1, -0.05) is 13.8 Å². The fraction of sp³-hybridized carbons (Fsp3) is 0.667. The van der Waals surface area contributed by atoms with Crippen molar-refractivity contribution in [1.29, 1.82) is 0 Å². The SMILES string of the molecule is CC(C)c1ccsc1C(=O)NC1CCN(CC(=O)NC2CC2)CC1. The van der Waals surface area contributed by atoms with Gasteiger partial charge >= 0.3 is 0 Å². The zero-order chi connectivity index (χ0) is 17.1. The van der Waals surface area contributed by atoms with Crippen LogP contribution in [0.15, 0.2) is 11.4 Å². The third-order valence-electron chi connectivity index (χ3n) is 4.76. The molecule has 0 radical (unpaired) electrons. The predicted octanol–water partition coefficient (Wildman–Crippen LogP) is 2.34. The maximum Gasteiger partial charge on any atom is 0.261 e. The number of carbonyl (C=O) groups is 2. The minimum Gasteiger partial charge on any atom is -0.352 e. The molecule has 132 valence electrons. The normalized spacial score (nSPS) is 19.5. The highest BCUT2D eigenvalue weighted by Crippen LogP contribution is 2.25. The van der Waals surface area contributed by atoms with E-state index in [9.17, 15) is 9.59 Å². The molecule has 2 amide bonds. The molecular weight excluding hydrogens is 322 g/mol. The highest BCUT2D eigenvalue weighted by molar-refractivity contribution is 7.12. The molecule has 6 heteroatoms. The van der Waals surface area contributed by atoms with E-state index in [4.69, 9.17) is 0 Å². The van der Waals surface area contributed by atoms with Gasteiger partial charge in [0, 0.05) is 25.2 Å². The van der Waals surface area contributed by atoms with Crippen LogP contribution in [-0.4, -0.2) is 48.4 Å². The van der Waals surface area contributed by atoms with Crippen molar-refractivity contribution in [3.63, 3.8) is 0 Å². The van der Waals surface area contributed by atoms with E-state index in [-0.39, 0.29) is 17.9 Å². The molecule has 0 bridgehead atoms. The van der Waals surface area contributed by atoms with Crippen LogP contribution in [0.4, 0.5) is 0 Å². The summed E-state index contributed by atoms with van der Waals surface area (Å²) in [6.07, 6.45) is 4.07. The summed E-state index contributed by atoms with van der Waals surface area (Å²) in [5.41, 5.74) is 1.13. The number of carbonyl (C=O) groups excluding carboxylic acids is 2. The summed E-state index contributed by atoms with van der Waals surface area (Å²) >= 11 is 1.52. The second kappa shape index (κ2) is 7.66. The van der Waals surface area contributed by atoms with E-state index in [0.717, 1.165) is 49.2 Å². The molecule has 1 aromatic heterocycles. The fourth-order valence-electron chi connectivity index (χ4n) is 3.15. The molecule has 1 aromatic rings. The molecule has 0 unspecified atom stereocenters. The standard InChI is InChI=1S/C18H27N3O2S/c1-12(2)15-7-10-24-17(15)18(23)20-14-5-8-21(9-6-14)11-16(22)19-13-3-4-13/h7,10,12-14H,3-6,8-9,11H2,1-2H3,(H,19,22)(H,20,23). The number of hydrogen-bond donors (Lipinski definition) is 2. The van der Waals surface area contributed by atoms with Gasteiger partial charge in [0.2, 0.25) is 5.91 Å². The molecule has 2 fully saturated rings. The van der Waals surface area contributed by atoms with Crippen molar-refractivity contribution in [1.82, 2.24) is 15.5 Å². The third kappa shape index (κ3) is 4.57. The topological polar surface area (TPSA) is 61.4 Å². The first-order chi connectivity index (χ1) is 11.5. The van der Waals surface area contributed by atoms with E-state index in [1.54, 1.807) is 0 Å². The van der Waals surface area contributed by atoms with Gasteiger partial charge in [-0.3, -0.25) is 14.5 Å². The lowest BCUT2D eigenvalue weighted by atomic mass is 10.0. The van der Waals surface area contributed by atoms with Crippen LogP contribution in [0.25, 0.3) is 0 Å². The highest BCUT2D eigenvalue weighted by Gasteiger charge is 2.26. The molecule has 0 aromatic carbocycles. The Morgan fingerprint density at radius 1 is 1.17 bits per heavy atom. The molecule has 2 N–H and O–H groups in total. The van der Waals surface area contributed by atoms with Crippen molar-refractivity contribution in [3.05, 3.63) is 21.9 Å². The van der Waals surface area contributed by atoms with Crippen LogP contribution in [-0.2, 0) is 4.79 Å². The Bertz CT molecular complexity index is 587. The fourth-order valence-corrected chi connectivity index (χ4v) is 4.11.